The van der Waals surface area contributed by atoms with Crippen LogP contribution < -0.4 is 10.6 Å². The quantitative estimate of drug-likeness (QED) is 0.318. The van der Waals surface area contributed by atoms with Gasteiger partial charge < -0.3 is 10.3 Å². The minimum Gasteiger partial charge on any atom is -0.360 e. The number of aromatic nitrogens is 2. The zero-order valence-corrected chi connectivity index (χ0v) is 19.7. The summed E-state index contributed by atoms with van der Waals surface area (Å²) in [6, 6.07) is 21.3. The molecule has 35 heavy (non-hydrogen) atoms. The molecule has 0 unspecified atom stereocenters. The summed E-state index contributed by atoms with van der Waals surface area (Å²) in [5, 5.41) is 9.35. The van der Waals surface area contributed by atoms with E-state index in [4.69, 9.17) is 0 Å². The molecule has 1 aliphatic heterocycles. The lowest BCUT2D eigenvalue weighted by atomic mass is 10.1. The second kappa shape index (κ2) is 8.19. The molecule has 0 spiro atoms. The second-order valence-corrected chi connectivity index (χ2v) is 10.3. The number of benzene rings is 3. The molecule has 8 nitrogen and oxygen atoms in total. The summed E-state index contributed by atoms with van der Waals surface area (Å²) < 4.78 is 28.3. The minimum atomic E-state index is -3.70. The topological polar surface area (TPSA) is 116 Å². The zero-order valence-electron chi connectivity index (χ0n) is 18.0. The lowest BCUT2D eigenvalue weighted by Gasteiger charge is -2.07. The van der Waals surface area contributed by atoms with Gasteiger partial charge in [-0.2, -0.15) is 8.42 Å². The van der Waals surface area contributed by atoms with E-state index in [1.165, 1.54) is 17.4 Å². The Hall–Kier alpha value is -4.28. The maximum Gasteiger partial charge on any atom is 0.285 e. The normalized spacial score (nSPS) is 13.9. The Kier molecular flexibility index (Phi) is 4.97. The highest BCUT2D eigenvalue weighted by Crippen LogP contribution is 2.31. The standard InChI is InChI=1S/C25H17N5O3S2/c31-24(29-25-28-21(14-34-25)19-13-26-20-7-3-1-5-17(19)20)15-9-11-16(12-10-15)27-23-18-6-2-4-8-22(18)35(32,33)30-23/h1-14,26H,(H,27,30)(H,28,29,31). The van der Waals surface area contributed by atoms with Gasteiger partial charge in [-0.05, 0) is 42.5 Å². The number of hydrogen-bond donors (Lipinski definition) is 3. The van der Waals surface area contributed by atoms with Crippen LogP contribution in [0.5, 0.6) is 0 Å². The van der Waals surface area contributed by atoms with E-state index in [0.717, 1.165) is 22.2 Å². The number of amides is 1. The number of carbonyl (C=O) groups excluding carboxylic acids is 1. The van der Waals surface area contributed by atoms with Crippen LogP contribution in [0.4, 0.5) is 10.8 Å². The van der Waals surface area contributed by atoms with Crippen molar-refractivity contribution in [2.75, 3.05) is 10.6 Å². The molecule has 3 heterocycles. The first kappa shape index (κ1) is 21.3. The molecular formula is C25H17N5O3S2. The number of carbonyl (C=O) groups is 1. The maximum atomic E-state index is 12.8. The van der Waals surface area contributed by atoms with Gasteiger partial charge in [0.05, 0.1) is 5.69 Å². The van der Waals surface area contributed by atoms with Crippen LogP contribution in [-0.2, 0) is 10.0 Å². The Balaban J connectivity index is 1.16. The molecule has 0 bridgehead atoms. The molecule has 3 N–H and O–H groups in total. The van der Waals surface area contributed by atoms with Crippen LogP contribution >= 0.6 is 11.3 Å². The number of rotatable bonds is 4. The fourth-order valence-corrected chi connectivity index (χ4v) is 5.83. The van der Waals surface area contributed by atoms with Crippen molar-refractivity contribution in [1.82, 2.24) is 9.97 Å². The number of para-hydroxylation sites is 1. The van der Waals surface area contributed by atoms with Gasteiger partial charge in [-0.25, -0.2) is 4.98 Å². The van der Waals surface area contributed by atoms with Gasteiger partial charge in [0.1, 0.15) is 4.90 Å². The van der Waals surface area contributed by atoms with E-state index >= 15 is 0 Å². The number of nitrogens with zero attached hydrogens (tertiary/aromatic N) is 2. The number of thiazole rings is 1. The van der Waals surface area contributed by atoms with Crippen LogP contribution in [-0.4, -0.2) is 30.1 Å². The van der Waals surface area contributed by atoms with Gasteiger partial charge in [-0.1, -0.05) is 30.3 Å². The van der Waals surface area contributed by atoms with Crippen LogP contribution in [0.25, 0.3) is 22.2 Å². The highest BCUT2D eigenvalue weighted by atomic mass is 32.2. The van der Waals surface area contributed by atoms with Gasteiger partial charge in [0.2, 0.25) is 0 Å². The molecule has 5 aromatic rings. The summed E-state index contributed by atoms with van der Waals surface area (Å²) in [7, 11) is -3.70. The predicted octanol–water partition coefficient (Wildman–Crippen LogP) is 5.10. The number of aromatic amines is 1. The molecule has 0 fully saturated rings. The number of sulfonamides is 1. The predicted molar refractivity (Wildman–Crippen MR) is 138 cm³/mol. The molecule has 1 amide bonds. The largest absolute Gasteiger partial charge is 0.360 e. The van der Waals surface area contributed by atoms with Gasteiger partial charge >= 0.3 is 0 Å². The van der Waals surface area contributed by atoms with Gasteiger partial charge in [0, 0.05) is 44.9 Å². The fourth-order valence-electron chi connectivity index (χ4n) is 3.95. The average molecular weight is 500 g/mol. The number of anilines is 2. The molecule has 1 aliphatic rings. The van der Waals surface area contributed by atoms with E-state index in [9.17, 15) is 13.2 Å². The molecule has 0 saturated carbocycles. The van der Waals surface area contributed by atoms with Crippen molar-refractivity contribution in [1.29, 1.82) is 0 Å². The number of nitrogens with one attached hydrogen (secondary N) is 3. The van der Waals surface area contributed by atoms with Gasteiger partial charge in [-0.3, -0.25) is 10.1 Å². The molecule has 0 saturated heterocycles. The van der Waals surface area contributed by atoms with Crippen molar-refractivity contribution < 1.29 is 13.2 Å². The summed E-state index contributed by atoms with van der Waals surface area (Å²) in [5.41, 5.74) is 4.37. The number of fused-ring (bicyclic) bond motifs is 2. The summed E-state index contributed by atoms with van der Waals surface area (Å²) >= 11 is 1.36. The first-order chi connectivity index (χ1) is 17.0. The molecule has 0 atom stereocenters. The van der Waals surface area contributed by atoms with E-state index in [1.807, 2.05) is 35.8 Å². The monoisotopic (exact) mass is 499 g/mol. The van der Waals surface area contributed by atoms with E-state index < -0.39 is 10.0 Å². The SMILES string of the molecule is O=C(Nc1nc(-c2c[nH]c3ccccc23)cs1)c1ccc(NC2=NS(=O)(=O)c3ccccc32)cc1. The Bertz CT molecular complexity index is 1730. The third-order valence-electron chi connectivity index (χ3n) is 5.63. The molecule has 172 valence electrons. The van der Waals surface area contributed by atoms with Crippen LogP contribution in [0.15, 0.2) is 93.7 Å². The third-order valence-corrected chi connectivity index (χ3v) is 7.72. The highest BCUT2D eigenvalue weighted by molar-refractivity contribution is 7.90. The van der Waals surface area contributed by atoms with Crippen LogP contribution in [0, 0.1) is 0 Å². The van der Waals surface area contributed by atoms with E-state index in [2.05, 4.69) is 25.0 Å². The van der Waals surface area contributed by atoms with E-state index in [0.29, 0.717) is 21.9 Å². The van der Waals surface area contributed by atoms with Crippen molar-refractivity contribution in [3.8, 4) is 11.3 Å². The van der Waals surface area contributed by atoms with Crippen LogP contribution in [0.3, 0.4) is 0 Å². The van der Waals surface area contributed by atoms with Crippen molar-refractivity contribution in [2.45, 2.75) is 4.90 Å². The highest BCUT2D eigenvalue weighted by Gasteiger charge is 2.28. The van der Waals surface area contributed by atoms with Crippen LogP contribution in [0.2, 0.25) is 0 Å². The average Bonchev–Trinajstić information content (AvgIpc) is 3.56. The second-order valence-electron chi connectivity index (χ2n) is 7.85. The Morgan fingerprint density at radius 1 is 0.914 bits per heavy atom. The van der Waals surface area contributed by atoms with Gasteiger partial charge in [0.25, 0.3) is 15.9 Å². The third kappa shape index (κ3) is 3.88. The summed E-state index contributed by atoms with van der Waals surface area (Å²) in [4.78, 5) is 20.7. The Morgan fingerprint density at radius 2 is 1.69 bits per heavy atom. The minimum absolute atomic E-state index is 0.175. The van der Waals surface area contributed by atoms with E-state index in [-0.39, 0.29) is 16.6 Å². The summed E-state index contributed by atoms with van der Waals surface area (Å²) in [6.07, 6.45) is 1.91. The molecule has 6 rings (SSSR count). The lowest BCUT2D eigenvalue weighted by Crippen LogP contribution is -2.13. The first-order valence-corrected chi connectivity index (χ1v) is 12.9. The Labute approximate surface area is 204 Å². The van der Waals surface area contributed by atoms with E-state index in [1.54, 1.807) is 42.5 Å². The van der Waals surface area contributed by atoms with Crippen molar-refractivity contribution in [2.24, 2.45) is 4.40 Å². The number of amidine groups is 1. The molecule has 10 heteroatoms. The Morgan fingerprint density at radius 3 is 2.54 bits per heavy atom. The maximum absolute atomic E-state index is 12.8. The first-order valence-electron chi connectivity index (χ1n) is 10.6. The van der Waals surface area contributed by atoms with Gasteiger partial charge in [0.15, 0.2) is 11.0 Å². The molecule has 0 radical (unpaired) electrons. The summed E-state index contributed by atoms with van der Waals surface area (Å²) in [5.74, 6) is -0.0343. The van der Waals surface area contributed by atoms with Crippen molar-refractivity contribution >= 4 is 54.8 Å². The van der Waals surface area contributed by atoms with Gasteiger partial charge in [-0.15, -0.1) is 15.7 Å². The fraction of sp³-hybridized carbons (Fsp3) is 0. The number of H-pyrrole nitrogens is 1. The summed E-state index contributed by atoms with van der Waals surface area (Å²) in [6.45, 7) is 0. The number of hydrogen-bond acceptors (Lipinski definition) is 6. The molecular weight excluding hydrogens is 482 g/mol. The van der Waals surface area contributed by atoms with Crippen LogP contribution in [0.1, 0.15) is 15.9 Å². The lowest BCUT2D eigenvalue weighted by molar-refractivity contribution is 0.102. The molecule has 3 aromatic carbocycles. The van der Waals surface area contributed by atoms with Crippen molar-refractivity contribution in [3.05, 3.63) is 95.5 Å². The molecule has 2 aromatic heterocycles. The smallest absolute Gasteiger partial charge is 0.285 e. The molecule has 0 aliphatic carbocycles. The zero-order chi connectivity index (χ0) is 24.0. The van der Waals surface area contributed by atoms with Crippen molar-refractivity contribution in [3.63, 3.8) is 0 Å².